The summed E-state index contributed by atoms with van der Waals surface area (Å²) in [5.41, 5.74) is 0.0514. The minimum Gasteiger partial charge on any atom is -1.00 e. The number of benzene rings is 1. The standard InChI is InChI=1S/C10H10F3NO2.ClH/c1-6(14-16)9(15)7-2-4-8(5-3-7)10(11,12)13;/h2-6,14,16H,1H3;1H/t6-;/m0./s1. The quantitative estimate of drug-likeness (QED) is 0.504. The van der Waals surface area contributed by atoms with Crippen molar-refractivity contribution in [1.29, 1.82) is 0 Å². The van der Waals surface area contributed by atoms with Gasteiger partial charge in [-0.05, 0) is 19.1 Å². The van der Waals surface area contributed by atoms with Gasteiger partial charge in [-0.1, -0.05) is 12.1 Å². The summed E-state index contributed by atoms with van der Waals surface area (Å²) >= 11 is 0. The number of carbonyl (C=O) groups excluding carboxylic acids is 1. The molecule has 0 unspecified atom stereocenters. The Bertz CT molecular complexity index is 378. The molecule has 17 heavy (non-hydrogen) atoms. The van der Waals surface area contributed by atoms with Gasteiger partial charge in [0, 0.05) is 5.56 Å². The van der Waals surface area contributed by atoms with Crippen LogP contribution in [0.15, 0.2) is 24.3 Å². The molecule has 0 amide bonds. The molecular weight excluding hydrogens is 259 g/mol. The van der Waals surface area contributed by atoms with Crippen molar-refractivity contribution in [1.82, 2.24) is 0 Å². The van der Waals surface area contributed by atoms with Gasteiger partial charge in [-0.2, -0.15) is 18.7 Å². The van der Waals surface area contributed by atoms with Gasteiger partial charge in [-0.15, -0.1) is 0 Å². The molecule has 0 bridgehead atoms. The monoisotopic (exact) mass is 269 g/mol. The molecule has 0 saturated carbocycles. The topological polar surface area (TPSA) is 53.9 Å². The Labute approximate surface area is 102 Å². The van der Waals surface area contributed by atoms with Crippen LogP contribution in [0.4, 0.5) is 13.2 Å². The van der Waals surface area contributed by atoms with Gasteiger partial charge in [0.15, 0.2) is 6.04 Å². The highest BCUT2D eigenvalue weighted by atomic mass is 35.5. The number of rotatable bonds is 3. The summed E-state index contributed by atoms with van der Waals surface area (Å²) in [6.45, 7) is 1.46. The number of hydrogen-bond donors (Lipinski definition) is 2. The van der Waals surface area contributed by atoms with Crippen LogP contribution in [0.1, 0.15) is 22.8 Å². The van der Waals surface area contributed by atoms with E-state index in [2.05, 4.69) is 0 Å². The van der Waals surface area contributed by atoms with E-state index < -0.39 is 23.6 Å². The molecule has 0 fully saturated rings. The normalized spacial score (nSPS) is 12.8. The van der Waals surface area contributed by atoms with Crippen molar-refractivity contribution in [3.63, 3.8) is 0 Å². The fraction of sp³-hybridized carbons (Fsp3) is 0.300. The Balaban J connectivity index is 0.00000256. The smallest absolute Gasteiger partial charge is 0.416 e. The summed E-state index contributed by atoms with van der Waals surface area (Å²) in [7, 11) is 0. The summed E-state index contributed by atoms with van der Waals surface area (Å²) in [6.07, 6.45) is -4.41. The van der Waals surface area contributed by atoms with Gasteiger partial charge < -0.3 is 12.4 Å². The number of hydrogen-bond acceptors (Lipinski definition) is 2. The van der Waals surface area contributed by atoms with Crippen LogP contribution in [0.3, 0.4) is 0 Å². The summed E-state index contributed by atoms with van der Waals surface area (Å²) < 4.78 is 36.6. The maximum Gasteiger partial charge on any atom is 0.416 e. The van der Waals surface area contributed by atoms with Crippen LogP contribution in [-0.4, -0.2) is 17.0 Å². The number of halogens is 4. The fourth-order valence-corrected chi connectivity index (χ4v) is 1.15. The highest BCUT2D eigenvalue weighted by Gasteiger charge is 2.30. The van der Waals surface area contributed by atoms with Crippen LogP contribution in [0.25, 0.3) is 0 Å². The molecular formula is C10H11ClF3NO2. The molecule has 1 aromatic rings. The van der Waals surface area contributed by atoms with E-state index in [0.29, 0.717) is 5.48 Å². The van der Waals surface area contributed by atoms with Gasteiger partial charge >= 0.3 is 6.18 Å². The van der Waals surface area contributed by atoms with Crippen molar-refractivity contribution >= 4 is 5.78 Å². The molecule has 0 saturated heterocycles. The maximum atomic E-state index is 12.2. The van der Waals surface area contributed by atoms with E-state index in [9.17, 15) is 18.0 Å². The van der Waals surface area contributed by atoms with Gasteiger partial charge in [0.1, 0.15) is 0 Å². The molecule has 0 heterocycles. The van der Waals surface area contributed by atoms with Crippen molar-refractivity contribution in [2.45, 2.75) is 19.1 Å². The SMILES string of the molecule is C[C@H]([NH2+]O)C(=O)c1ccc(C(F)(F)F)cc1.[Cl-]. The number of alkyl halides is 3. The first-order valence-electron chi connectivity index (χ1n) is 4.55. The lowest BCUT2D eigenvalue weighted by Crippen LogP contribution is -3.00. The third-order valence-electron chi connectivity index (χ3n) is 2.13. The van der Waals surface area contributed by atoms with Crippen LogP contribution in [0.5, 0.6) is 0 Å². The molecule has 0 spiro atoms. The van der Waals surface area contributed by atoms with Crippen LogP contribution < -0.4 is 17.9 Å². The van der Waals surface area contributed by atoms with E-state index in [1.165, 1.54) is 6.92 Å². The van der Waals surface area contributed by atoms with E-state index in [1.807, 2.05) is 0 Å². The second kappa shape index (κ2) is 6.00. The van der Waals surface area contributed by atoms with E-state index >= 15 is 0 Å². The number of Topliss-reactive ketones (excluding diaryl/α,β-unsaturated/α-hetero) is 1. The largest absolute Gasteiger partial charge is 1.00 e. The Kier molecular flexibility index (Phi) is 5.60. The number of hydroxylamine groups is 1. The van der Waals surface area contributed by atoms with Gasteiger partial charge in [0.2, 0.25) is 5.78 Å². The van der Waals surface area contributed by atoms with E-state index in [0.717, 1.165) is 24.3 Å². The lowest BCUT2D eigenvalue weighted by Gasteiger charge is -2.08. The number of quaternary nitrogens is 1. The second-order valence-corrected chi connectivity index (χ2v) is 3.38. The van der Waals surface area contributed by atoms with Crippen LogP contribution in [-0.2, 0) is 6.18 Å². The predicted molar refractivity (Wildman–Crippen MR) is 48.9 cm³/mol. The number of nitrogens with two attached hydrogens (primary N) is 1. The molecule has 0 aliphatic rings. The fourth-order valence-electron chi connectivity index (χ4n) is 1.15. The summed E-state index contributed by atoms with van der Waals surface area (Å²) in [6, 6.07) is 3.17. The molecule has 1 rings (SSSR count). The zero-order valence-corrected chi connectivity index (χ0v) is 9.59. The van der Waals surface area contributed by atoms with E-state index in [4.69, 9.17) is 5.21 Å². The molecule has 1 atom stereocenters. The zero-order chi connectivity index (χ0) is 12.3. The molecule has 0 aliphatic heterocycles. The first-order chi connectivity index (χ1) is 7.36. The third-order valence-corrected chi connectivity index (χ3v) is 2.13. The highest BCUT2D eigenvalue weighted by molar-refractivity contribution is 5.98. The molecule has 3 nitrogen and oxygen atoms in total. The zero-order valence-electron chi connectivity index (χ0n) is 8.83. The lowest BCUT2D eigenvalue weighted by molar-refractivity contribution is -0.898. The third kappa shape index (κ3) is 3.99. The Morgan fingerprint density at radius 3 is 2.12 bits per heavy atom. The average molecular weight is 270 g/mol. The summed E-state index contributed by atoms with van der Waals surface area (Å²) in [5, 5.41) is 8.62. The maximum absolute atomic E-state index is 12.2. The van der Waals surface area contributed by atoms with Crippen molar-refractivity contribution < 1.29 is 41.1 Å². The molecule has 0 aliphatic carbocycles. The van der Waals surface area contributed by atoms with Crippen molar-refractivity contribution in [2.75, 3.05) is 0 Å². The van der Waals surface area contributed by atoms with Gasteiger partial charge in [-0.3, -0.25) is 4.79 Å². The molecule has 0 radical (unpaired) electrons. The van der Waals surface area contributed by atoms with Crippen LogP contribution in [0.2, 0.25) is 0 Å². The number of ketones is 1. The first kappa shape index (κ1) is 15.9. The van der Waals surface area contributed by atoms with Crippen LogP contribution >= 0.6 is 0 Å². The summed E-state index contributed by atoms with van der Waals surface area (Å²) in [4.78, 5) is 11.5. The van der Waals surface area contributed by atoms with Crippen molar-refractivity contribution in [2.24, 2.45) is 0 Å². The Morgan fingerprint density at radius 2 is 1.76 bits per heavy atom. The van der Waals surface area contributed by atoms with E-state index in [1.54, 1.807) is 0 Å². The molecule has 96 valence electrons. The minimum absolute atomic E-state index is 0. The van der Waals surface area contributed by atoms with Crippen molar-refractivity contribution in [3.05, 3.63) is 35.4 Å². The Hall–Kier alpha value is -1.11. The second-order valence-electron chi connectivity index (χ2n) is 3.38. The van der Waals surface area contributed by atoms with Gasteiger partial charge in [0.25, 0.3) is 0 Å². The molecule has 7 heteroatoms. The van der Waals surface area contributed by atoms with Crippen molar-refractivity contribution in [3.8, 4) is 0 Å². The first-order valence-corrected chi connectivity index (χ1v) is 4.55. The van der Waals surface area contributed by atoms with Gasteiger partial charge in [0.05, 0.1) is 5.56 Å². The molecule has 1 aromatic carbocycles. The average Bonchev–Trinajstić information content (AvgIpc) is 2.26. The Morgan fingerprint density at radius 1 is 1.29 bits per heavy atom. The predicted octanol–water partition coefficient (Wildman–Crippen LogP) is -1.77. The molecule has 0 aromatic heterocycles. The van der Waals surface area contributed by atoms with Crippen LogP contribution in [0, 0.1) is 0 Å². The molecule has 3 N–H and O–H groups in total. The van der Waals surface area contributed by atoms with Gasteiger partial charge in [-0.25, -0.2) is 5.21 Å². The minimum atomic E-state index is -4.41. The lowest BCUT2D eigenvalue weighted by atomic mass is 10.0. The number of carbonyl (C=O) groups is 1. The summed E-state index contributed by atoms with van der Waals surface area (Å²) in [5.74, 6) is -0.420. The van der Waals surface area contributed by atoms with E-state index in [-0.39, 0.29) is 18.0 Å². The highest BCUT2D eigenvalue weighted by Crippen LogP contribution is 2.29.